The Balaban J connectivity index is 0.000000675. The molecule has 0 aliphatic carbocycles. The van der Waals surface area contributed by atoms with Crippen LogP contribution in [0, 0.1) is 11.8 Å². The number of aliphatic hydroxyl groups is 2. The number of piperidine rings is 2. The summed E-state index contributed by atoms with van der Waals surface area (Å²) >= 11 is 0. The predicted octanol–water partition coefficient (Wildman–Crippen LogP) is 4.20. The van der Waals surface area contributed by atoms with Gasteiger partial charge in [-0.1, -0.05) is 75.5 Å². The van der Waals surface area contributed by atoms with Crippen LogP contribution in [-0.4, -0.2) is 77.3 Å². The molecule has 3 atom stereocenters. The molecule has 8 heteroatoms. The molecule has 4 rings (SSSR count). The largest absolute Gasteiger partial charge is 0.465 e. The van der Waals surface area contributed by atoms with Gasteiger partial charge < -0.3 is 14.9 Å². The van der Waals surface area contributed by atoms with E-state index >= 15 is 0 Å². The van der Waals surface area contributed by atoms with Crippen molar-refractivity contribution in [3.63, 3.8) is 0 Å². The Labute approximate surface area is 235 Å². The molecule has 7 nitrogen and oxygen atoms in total. The van der Waals surface area contributed by atoms with Crippen molar-refractivity contribution in [3.8, 4) is 0 Å². The predicted molar refractivity (Wildman–Crippen MR) is 155 cm³/mol. The van der Waals surface area contributed by atoms with Crippen LogP contribution in [0.15, 0.2) is 60.7 Å². The van der Waals surface area contributed by atoms with Gasteiger partial charge in [-0.05, 0) is 37.4 Å². The molecule has 2 fully saturated rings. The molecule has 0 bridgehead atoms. The molecule has 0 amide bonds. The van der Waals surface area contributed by atoms with Crippen LogP contribution < -0.4 is 0 Å². The molecule has 0 spiro atoms. The monoisotopic (exact) mass is 550 g/mol. The third kappa shape index (κ3) is 11.2. The van der Waals surface area contributed by atoms with Crippen molar-refractivity contribution in [2.45, 2.75) is 53.8 Å². The number of ketones is 1. The van der Waals surface area contributed by atoms with Crippen LogP contribution in [0.4, 0.5) is 0 Å². The minimum absolute atomic E-state index is 0. The second-order valence-corrected chi connectivity index (χ2v) is 9.28. The molecule has 2 aliphatic rings. The standard InChI is InChI=1S/C15H19NO3.C13H19NO2.2CH4.ClH/c1-2-19-15(18)13-8-9-16(11-14(13)17)10-12-6-4-3-5-7-12;15-10-12-6-7-14(9-13(12)16)8-11-4-2-1-3-5-11;;;/h3-7,13H,2,8-11H2,1H3;1-5,12-13,15-16H,6-10H2;2*1H4;1H. The fourth-order valence-electron chi connectivity index (χ4n) is 4.59. The molecule has 2 N–H and O–H groups in total. The number of aliphatic hydroxyl groups excluding tert-OH is 2. The van der Waals surface area contributed by atoms with E-state index in [-0.39, 0.29) is 57.6 Å². The van der Waals surface area contributed by atoms with Gasteiger partial charge in [0.2, 0.25) is 0 Å². The van der Waals surface area contributed by atoms with Crippen LogP contribution >= 0.6 is 12.4 Å². The van der Waals surface area contributed by atoms with Gasteiger partial charge in [0.25, 0.3) is 0 Å². The van der Waals surface area contributed by atoms with E-state index in [9.17, 15) is 14.7 Å². The molecule has 214 valence electrons. The van der Waals surface area contributed by atoms with E-state index in [4.69, 9.17) is 9.84 Å². The number of nitrogens with zero attached hydrogens (tertiary/aromatic N) is 2. The van der Waals surface area contributed by atoms with Gasteiger partial charge in [-0.2, -0.15) is 0 Å². The average Bonchev–Trinajstić information content (AvgIpc) is 2.86. The Bertz CT molecular complexity index is 915. The lowest BCUT2D eigenvalue weighted by molar-refractivity contribution is -0.153. The Hall–Kier alpha value is -2.29. The number of Topliss-reactive ketones (excluding diaryl/α,β-unsaturated/α-hetero) is 1. The summed E-state index contributed by atoms with van der Waals surface area (Å²) in [4.78, 5) is 27.9. The lowest BCUT2D eigenvalue weighted by Gasteiger charge is -2.35. The lowest BCUT2D eigenvalue weighted by Crippen LogP contribution is -2.44. The first-order valence-electron chi connectivity index (χ1n) is 12.5. The Morgan fingerprint density at radius 2 is 1.45 bits per heavy atom. The first-order chi connectivity index (χ1) is 17.0. The number of carbonyl (C=O) groups excluding carboxylic acids is 2. The van der Waals surface area contributed by atoms with Crippen LogP contribution in [0.1, 0.15) is 45.7 Å². The van der Waals surface area contributed by atoms with Crippen molar-refractivity contribution >= 4 is 24.2 Å². The zero-order valence-corrected chi connectivity index (χ0v) is 21.8. The highest BCUT2D eigenvalue weighted by molar-refractivity contribution is 6.00. The number of hydrogen-bond acceptors (Lipinski definition) is 7. The van der Waals surface area contributed by atoms with Gasteiger partial charge in [0.1, 0.15) is 5.92 Å². The maximum atomic E-state index is 12.0. The van der Waals surface area contributed by atoms with Gasteiger partial charge in [-0.3, -0.25) is 19.4 Å². The van der Waals surface area contributed by atoms with Crippen LogP contribution in [0.2, 0.25) is 0 Å². The summed E-state index contributed by atoms with van der Waals surface area (Å²) in [5, 5.41) is 18.9. The van der Waals surface area contributed by atoms with Gasteiger partial charge in [-0.15, -0.1) is 12.4 Å². The first kappa shape index (κ1) is 35.7. The number of rotatable bonds is 7. The maximum absolute atomic E-state index is 12.0. The van der Waals surface area contributed by atoms with E-state index in [0.29, 0.717) is 26.1 Å². The Kier molecular flexibility index (Phi) is 17.7. The van der Waals surface area contributed by atoms with Crippen molar-refractivity contribution in [2.75, 3.05) is 39.4 Å². The number of ether oxygens (including phenoxy) is 1. The summed E-state index contributed by atoms with van der Waals surface area (Å²) in [6.07, 6.45) is 1.05. The number of carbonyl (C=O) groups is 2. The topological polar surface area (TPSA) is 90.3 Å². The fourth-order valence-corrected chi connectivity index (χ4v) is 4.59. The van der Waals surface area contributed by atoms with Crippen molar-refractivity contribution < 1.29 is 24.5 Å². The number of β-amino-alcohol motifs (C(OH)–C–C–N with tert-alkyl or cyclic N) is 1. The highest BCUT2D eigenvalue weighted by Gasteiger charge is 2.33. The molecule has 0 saturated carbocycles. The summed E-state index contributed by atoms with van der Waals surface area (Å²) in [5.41, 5.74) is 2.46. The lowest BCUT2D eigenvalue weighted by atomic mass is 9.94. The fraction of sp³-hybridized carbons (Fsp3) is 0.533. The Morgan fingerprint density at radius 3 is 1.92 bits per heavy atom. The number of hydrogen-bond donors (Lipinski definition) is 2. The zero-order valence-electron chi connectivity index (χ0n) is 21.0. The number of esters is 1. The molecule has 3 unspecified atom stereocenters. The van der Waals surface area contributed by atoms with Gasteiger partial charge in [0, 0.05) is 38.7 Å². The van der Waals surface area contributed by atoms with Crippen molar-refractivity contribution in [3.05, 3.63) is 71.8 Å². The van der Waals surface area contributed by atoms with Crippen molar-refractivity contribution in [2.24, 2.45) is 11.8 Å². The maximum Gasteiger partial charge on any atom is 0.316 e. The van der Waals surface area contributed by atoms with Crippen LogP contribution in [-0.2, 0) is 27.4 Å². The number of halogens is 1. The molecule has 2 heterocycles. The number of benzene rings is 2. The van der Waals surface area contributed by atoms with Crippen LogP contribution in [0.3, 0.4) is 0 Å². The second-order valence-electron chi connectivity index (χ2n) is 9.28. The third-order valence-electron chi connectivity index (χ3n) is 6.61. The highest BCUT2D eigenvalue weighted by Crippen LogP contribution is 2.19. The average molecular weight is 551 g/mol. The van der Waals surface area contributed by atoms with E-state index in [1.807, 2.05) is 48.5 Å². The van der Waals surface area contributed by atoms with Crippen LogP contribution in [0.5, 0.6) is 0 Å². The summed E-state index contributed by atoms with van der Waals surface area (Å²) in [6.45, 7) is 6.53. The molecule has 38 heavy (non-hydrogen) atoms. The molecule has 2 aliphatic heterocycles. The van der Waals surface area contributed by atoms with Crippen LogP contribution in [0.25, 0.3) is 0 Å². The molecule has 0 radical (unpaired) electrons. The summed E-state index contributed by atoms with van der Waals surface area (Å²) < 4.78 is 4.93. The van der Waals surface area contributed by atoms with Gasteiger partial charge in [0.15, 0.2) is 5.78 Å². The molecular formula is C30H47ClN2O5. The molecule has 2 aromatic rings. The SMILES string of the molecule is C.C.CCOC(=O)C1CCN(Cc2ccccc2)CC1=O.Cl.OCC1CCN(Cc2ccccc2)CC1O. The summed E-state index contributed by atoms with van der Waals surface area (Å²) in [5.74, 6) is -0.897. The zero-order chi connectivity index (χ0) is 25.0. The molecular weight excluding hydrogens is 504 g/mol. The van der Waals surface area contributed by atoms with Crippen molar-refractivity contribution in [1.82, 2.24) is 9.80 Å². The number of likely N-dealkylation sites (tertiary alicyclic amines) is 2. The van der Waals surface area contributed by atoms with E-state index in [1.54, 1.807) is 6.92 Å². The normalized spacial score (nSPS) is 21.4. The van der Waals surface area contributed by atoms with Gasteiger partial charge in [0.05, 0.1) is 19.3 Å². The minimum atomic E-state index is -0.563. The van der Waals surface area contributed by atoms with Gasteiger partial charge in [-0.25, -0.2) is 0 Å². The van der Waals surface area contributed by atoms with E-state index in [0.717, 1.165) is 32.6 Å². The third-order valence-corrected chi connectivity index (χ3v) is 6.61. The second kappa shape index (κ2) is 18.9. The van der Waals surface area contributed by atoms with Crippen molar-refractivity contribution in [1.29, 1.82) is 0 Å². The minimum Gasteiger partial charge on any atom is -0.465 e. The Morgan fingerprint density at radius 1 is 0.921 bits per heavy atom. The molecule has 0 aromatic heterocycles. The van der Waals surface area contributed by atoms with Gasteiger partial charge >= 0.3 is 5.97 Å². The smallest absolute Gasteiger partial charge is 0.316 e. The highest BCUT2D eigenvalue weighted by atomic mass is 35.5. The molecule has 2 saturated heterocycles. The summed E-state index contributed by atoms with van der Waals surface area (Å²) in [6, 6.07) is 20.3. The first-order valence-corrected chi connectivity index (χ1v) is 12.5. The summed E-state index contributed by atoms with van der Waals surface area (Å²) in [7, 11) is 0. The van der Waals surface area contributed by atoms with E-state index in [2.05, 4.69) is 21.9 Å². The molecule has 2 aromatic carbocycles. The van der Waals surface area contributed by atoms with E-state index < -0.39 is 5.92 Å². The van der Waals surface area contributed by atoms with E-state index in [1.165, 1.54) is 11.1 Å². The quantitative estimate of drug-likeness (QED) is 0.394.